The molecule has 0 aliphatic heterocycles. The quantitative estimate of drug-likeness (QED) is 0.0314. The second kappa shape index (κ2) is 29.9. The molecule has 1 aromatic carbocycles. The Morgan fingerprint density at radius 2 is 0.972 bits per heavy atom. The summed E-state index contributed by atoms with van der Waals surface area (Å²) in [7, 11) is -4.54. The number of carboxylic acids is 5. The van der Waals surface area contributed by atoms with Gasteiger partial charge in [0.15, 0.2) is 0 Å². The van der Waals surface area contributed by atoms with E-state index in [2.05, 4.69) is 37.2 Å². The van der Waals surface area contributed by atoms with Gasteiger partial charge in [0.05, 0.1) is 25.2 Å². The van der Waals surface area contributed by atoms with Gasteiger partial charge in [-0.15, -0.1) is 0 Å². The molecule has 71 heavy (non-hydrogen) atoms. The monoisotopic (exact) mass is 1030 g/mol. The fourth-order valence-electron chi connectivity index (χ4n) is 6.43. The van der Waals surface area contributed by atoms with Crippen LogP contribution in [0.25, 0.3) is 0 Å². The van der Waals surface area contributed by atoms with Crippen molar-refractivity contribution in [2.24, 2.45) is 17.6 Å². The summed E-state index contributed by atoms with van der Waals surface area (Å²) in [5, 5.41) is 62.7. The van der Waals surface area contributed by atoms with Gasteiger partial charge in [0.1, 0.15) is 36.3 Å². The van der Waals surface area contributed by atoms with Crippen molar-refractivity contribution in [1.82, 2.24) is 37.2 Å². The highest BCUT2D eigenvalue weighted by Gasteiger charge is 2.35. The summed E-state index contributed by atoms with van der Waals surface area (Å²) in [5.41, 5.74) is 5.95. The van der Waals surface area contributed by atoms with E-state index >= 15 is 0 Å². The van der Waals surface area contributed by atoms with Crippen LogP contribution in [0.4, 0.5) is 0 Å². The number of carbonyl (C=O) groups is 12. The molecule has 0 aliphatic carbocycles. The highest BCUT2D eigenvalue weighted by molar-refractivity contribution is 7.50. The first-order valence-electron chi connectivity index (χ1n) is 22.0. The lowest BCUT2D eigenvalue weighted by atomic mass is 9.99. The van der Waals surface area contributed by atoms with E-state index in [0.717, 1.165) is 0 Å². The summed E-state index contributed by atoms with van der Waals surface area (Å²) in [5.74, 6) is -16.1. The molecule has 0 saturated carbocycles. The molecule has 0 bridgehead atoms. The maximum Gasteiger partial charge on any atom is 0.329 e. The molecule has 29 heteroatoms. The summed E-state index contributed by atoms with van der Waals surface area (Å²) in [6.45, 7) is 5.54. The maximum atomic E-state index is 14.1. The molecule has 16 N–H and O–H groups in total. The Morgan fingerprint density at radius 3 is 1.42 bits per heavy atom. The molecule has 0 heterocycles. The van der Waals surface area contributed by atoms with Crippen molar-refractivity contribution < 1.29 is 97.4 Å². The first kappa shape index (κ1) is 62.0. The maximum absolute atomic E-state index is 14.1. The molecule has 0 aromatic heterocycles. The van der Waals surface area contributed by atoms with Crippen LogP contribution < -0.4 is 43.0 Å². The van der Waals surface area contributed by atoms with E-state index in [1.54, 1.807) is 13.8 Å². The molecular weight excluding hydrogens is 967 g/mol. The summed E-state index contributed by atoms with van der Waals surface area (Å²) >= 11 is 0. The van der Waals surface area contributed by atoms with Crippen LogP contribution >= 0.6 is 7.60 Å². The number of aliphatic carboxylic acids is 5. The van der Waals surface area contributed by atoms with Crippen molar-refractivity contribution in [3.8, 4) is 0 Å². The zero-order valence-electron chi connectivity index (χ0n) is 39.2. The summed E-state index contributed by atoms with van der Waals surface area (Å²) in [4.78, 5) is 170. The second-order valence-corrected chi connectivity index (χ2v) is 18.8. The Hall–Kier alpha value is -7.03. The number of carboxylic acid groups (broad SMARTS) is 5. The number of nitrogens with one attached hydrogen (secondary N) is 7. The summed E-state index contributed by atoms with van der Waals surface area (Å²) in [6.07, 6.45) is -5.99. The Labute approximate surface area is 406 Å². The number of rotatable bonds is 33. The first-order valence-corrected chi connectivity index (χ1v) is 23.8. The van der Waals surface area contributed by atoms with E-state index in [0.29, 0.717) is 0 Å². The fraction of sp³-hybridized carbons (Fsp3) is 0.571. The molecular formula is C42H63N8O20P. The van der Waals surface area contributed by atoms with Gasteiger partial charge in [-0.05, 0) is 48.6 Å². The number of carbonyl (C=O) groups excluding carboxylic acids is 7. The van der Waals surface area contributed by atoms with Crippen molar-refractivity contribution in [3.63, 3.8) is 0 Å². The molecule has 1 aromatic rings. The first-order chi connectivity index (χ1) is 32.9. The second-order valence-electron chi connectivity index (χ2n) is 17.1. The van der Waals surface area contributed by atoms with Gasteiger partial charge < -0.3 is 78.3 Å². The summed E-state index contributed by atoms with van der Waals surface area (Å²) < 4.78 is 11.6. The van der Waals surface area contributed by atoms with Crippen molar-refractivity contribution in [3.05, 3.63) is 35.4 Å². The standard InChI is InChI=1S/C42H63N8O20P/c1-20(2)15-29(42(66)67)49-41(65)35(21(3)4)50-38(62)26(11-14-33(56)57)46-37(61)25(10-13-32(54)55)47-39(63)27(16-22-5-7-23(8-6-22)19-71(68,69)70)48-40(64)28(17-34(58)59)45-30(51)18-44-36(60)24(43)9-12-31(52)53/h5-8,20-21,24-29,35H,9-19,43H2,1-4H3,(H,44,60)(H,45,51)(H,46,61)(H,47,63)(H,48,64)(H,49,65)(H,50,62)(H,52,53)(H,54,55)(H,56,57)(H,58,59)(H,66,67)(H2,68,69,70)/t24-,25-,26-,27-,28-,29-,35-/m0/s1. The zero-order chi connectivity index (χ0) is 54.3. The van der Waals surface area contributed by atoms with E-state index in [4.69, 9.17) is 10.8 Å². The van der Waals surface area contributed by atoms with Gasteiger partial charge in [0, 0.05) is 25.7 Å². The molecule has 1 rings (SSSR count). The van der Waals surface area contributed by atoms with E-state index < -0.39 is 185 Å². The number of amides is 7. The van der Waals surface area contributed by atoms with Crippen molar-refractivity contribution in [1.29, 1.82) is 0 Å². The van der Waals surface area contributed by atoms with E-state index in [1.165, 1.54) is 38.1 Å². The number of nitrogens with two attached hydrogens (primary N) is 1. The average Bonchev–Trinajstić information content (AvgIpc) is 3.24. The Balaban J connectivity index is 3.62. The molecule has 0 unspecified atom stereocenters. The van der Waals surface area contributed by atoms with Gasteiger partial charge in [-0.1, -0.05) is 52.0 Å². The third kappa shape index (κ3) is 25.4. The molecule has 0 spiro atoms. The Kier molecular flexibility index (Phi) is 26.1. The van der Waals surface area contributed by atoms with Gasteiger partial charge in [-0.3, -0.25) is 57.3 Å². The predicted octanol–water partition coefficient (Wildman–Crippen LogP) is -2.89. The van der Waals surface area contributed by atoms with E-state index in [9.17, 15) is 92.3 Å². The van der Waals surface area contributed by atoms with Crippen LogP contribution in [-0.4, -0.2) is 155 Å². The van der Waals surface area contributed by atoms with Crippen LogP contribution in [0.3, 0.4) is 0 Å². The minimum atomic E-state index is -4.54. The number of benzene rings is 1. The average molecular weight is 1030 g/mol. The third-order valence-electron chi connectivity index (χ3n) is 10.1. The Bertz CT molecular complexity index is 2150. The van der Waals surface area contributed by atoms with Crippen LogP contribution in [0.1, 0.15) is 90.2 Å². The van der Waals surface area contributed by atoms with Gasteiger partial charge >= 0.3 is 37.4 Å². The SMILES string of the molecule is CC(C)C[C@H](NC(=O)[C@@H](NC(=O)[C@H](CCC(=O)O)NC(=O)[C@H](CCC(=O)O)NC(=O)[C@H](Cc1ccc(CP(=O)(O)O)cc1)NC(=O)[C@H](CC(=O)O)NC(=O)CNC(=O)[C@@H](N)CCC(=O)O)C(C)C)C(=O)O. The lowest BCUT2D eigenvalue weighted by Gasteiger charge is -2.28. The number of hydrogen-bond acceptors (Lipinski definition) is 14. The highest BCUT2D eigenvalue weighted by Crippen LogP contribution is 2.39. The lowest BCUT2D eigenvalue weighted by Crippen LogP contribution is -2.60. The Morgan fingerprint density at radius 1 is 0.535 bits per heavy atom. The molecule has 7 atom stereocenters. The molecule has 0 aliphatic rings. The minimum absolute atomic E-state index is 0.0209. The van der Waals surface area contributed by atoms with Crippen LogP contribution in [0.15, 0.2) is 24.3 Å². The van der Waals surface area contributed by atoms with Gasteiger partial charge in [-0.2, -0.15) is 0 Å². The van der Waals surface area contributed by atoms with Crippen LogP contribution in [0, 0.1) is 11.8 Å². The lowest BCUT2D eigenvalue weighted by molar-refractivity contribution is -0.143. The van der Waals surface area contributed by atoms with Crippen LogP contribution in [0.5, 0.6) is 0 Å². The molecule has 7 amide bonds. The predicted molar refractivity (Wildman–Crippen MR) is 243 cm³/mol. The third-order valence-corrected chi connectivity index (χ3v) is 10.8. The van der Waals surface area contributed by atoms with Gasteiger partial charge in [-0.25, -0.2) is 4.79 Å². The van der Waals surface area contributed by atoms with Crippen molar-refractivity contribution >= 4 is 78.8 Å². The number of hydrogen-bond donors (Lipinski definition) is 15. The molecule has 0 fully saturated rings. The fourth-order valence-corrected chi connectivity index (χ4v) is 7.12. The molecule has 0 saturated heterocycles. The molecule has 396 valence electrons. The van der Waals surface area contributed by atoms with Crippen molar-refractivity contribution in [2.45, 2.75) is 134 Å². The molecule has 0 radical (unpaired) electrons. The van der Waals surface area contributed by atoms with Crippen molar-refractivity contribution in [2.75, 3.05) is 6.54 Å². The smallest absolute Gasteiger partial charge is 0.329 e. The van der Waals surface area contributed by atoms with E-state index in [-0.39, 0.29) is 29.9 Å². The minimum Gasteiger partial charge on any atom is -0.481 e. The van der Waals surface area contributed by atoms with E-state index in [1.807, 2.05) is 0 Å². The largest absolute Gasteiger partial charge is 0.481 e. The van der Waals surface area contributed by atoms with Gasteiger partial charge in [0.2, 0.25) is 41.4 Å². The summed E-state index contributed by atoms with van der Waals surface area (Å²) in [6, 6.07) is -6.47. The van der Waals surface area contributed by atoms with Crippen LogP contribution in [0.2, 0.25) is 0 Å². The highest BCUT2D eigenvalue weighted by atomic mass is 31.2. The topological polar surface area (TPSA) is 474 Å². The van der Waals surface area contributed by atoms with Gasteiger partial charge in [0.25, 0.3) is 0 Å². The van der Waals surface area contributed by atoms with Crippen LogP contribution in [-0.2, 0) is 74.7 Å². The normalized spacial score (nSPS) is 14.2. The molecule has 28 nitrogen and oxygen atoms in total. The zero-order valence-corrected chi connectivity index (χ0v) is 40.1.